The van der Waals surface area contributed by atoms with Crippen LogP contribution in [-0.4, -0.2) is 0 Å². The van der Waals surface area contributed by atoms with Crippen molar-refractivity contribution >= 4 is 0 Å². The van der Waals surface area contributed by atoms with Crippen molar-refractivity contribution in [1.82, 2.24) is 0 Å². The van der Waals surface area contributed by atoms with Gasteiger partial charge in [0.05, 0.1) is 0 Å². The van der Waals surface area contributed by atoms with Crippen LogP contribution in [0.1, 0.15) is 34.1 Å². The van der Waals surface area contributed by atoms with Crippen molar-refractivity contribution in [2.24, 2.45) is 5.90 Å². The van der Waals surface area contributed by atoms with Crippen LogP contribution < -0.4 is 5.90 Å². The summed E-state index contributed by atoms with van der Waals surface area (Å²) in [6.07, 6.45) is 2.89. The van der Waals surface area contributed by atoms with Gasteiger partial charge in [0.2, 0.25) is 0 Å². The Balaban J connectivity index is 0. The summed E-state index contributed by atoms with van der Waals surface area (Å²) in [4.78, 5) is 4.35. The average molecular weight is 131 g/mol. The molecule has 0 amide bonds. The summed E-state index contributed by atoms with van der Waals surface area (Å²) in [5.41, 5.74) is 0. The van der Waals surface area contributed by atoms with E-state index >= 15 is 0 Å². The molecule has 0 bridgehead atoms. The first-order chi connectivity index (χ1) is 4.31. The van der Waals surface area contributed by atoms with Crippen molar-refractivity contribution < 1.29 is 4.84 Å². The van der Waals surface area contributed by atoms with Crippen LogP contribution in [0.3, 0.4) is 0 Å². The maximum atomic E-state index is 4.79. The molecule has 0 heterocycles. The molecule has 0 saturated heterocycles. The zero-order chi connectivity index (χ0) is 7.70. The Morgan fingerprint density at radius 2 is 2.00 bits per heavy atom. The van der Waals surface area contributed by atoms with Crippen molar-refractivity contribution in [2.75, 3.05) is 0 Å². The lowest BCUT2D eigenvalue weighted by molar-refractivity contribution is 0.221. The van der Waals surface area contributed by atoms with Gasteiger partial charge in [-0.15, -0.1) is 0 Å². The highest BCUT2D eigenvalue weighted by Crippen LogP contribution is 1.90. The van der Waals surface area contributed by atoms with Crippen LogP contribution in [-0.2, 0) is 4.84 Å². The third kappa shape index (κ3) is 11.2. The van der Waals surface area contributed by atoms with Gasteiger partial charge in [-0.3, -0.25) is 0 Å². The lowest BCUT2D eigenvalue weighted by Crippen LogP contribution is -1.94. The quantitative estimate of drug-likeness (QED) is 0.460. The van der Waals surface area contributed by atoms with Crippen molar-refractivity contribution in [2.45, 2.75) is 34.1 Å². The molecule has 0 atom stereocenters. The van der Waals surface area contributed by atoms with Gasteiger partial charge >= 0.3 is 0 Å². The lowest BCUT2D eigenvalue weighted by Gasteiger charge is -1.92. The van der Waals surface area contributed by atoms with E-state index in [1.54, 1.807) is 0 Å². The number of rotatable bonds is 2. The second-order valence-corrected chi connectivity index (χ2v) is 1.34. The molecule has 0 aromatic rings. The van der Waals surface area contributed by atoms with E-state index in [-0.39, 0.29) is 0 Å². The minimum absolute atomic E-state index is 0.780. The van der Waals surface area contributed by atoms with Gasteiger partial charge in [0.15, 0.2) is 0 Å². The third-order valence-electron chi connectivity index (χ3n) is 0.677. The van der Waals surface area contributed by atoms with Crippen LogP contribution in [0.2, 0.25) is 0 Å². The van der Waals surface area contributed by atoms with Crippen LogP contribution in [0.15, 0.2) is 11.8 Å². The van der Waals surface area contributed by atoms with Crippen LogP contribution in [0.4, 0.5) is 0 Å². The maximum absolute atomic E-state index is 4.79. The molecule has 0 saturated carbocycles. The molecule has 0 unspecified atom stereocenters. The minimum Gasteiger partial charge on any atom is -0.417 e. The topological polar surface area (TPSA) is 35.2 Å². The fraction of sp³-hybridized carbons (Fsp3) is 0.714. The fourth-order valence-electron chi connectivity index (χ4n) is 0.336. The standard InChI is InChI=1S/C5H11NO.C2H6/c1-3-4-5(2)7-6;1-2/h4H,3,6H2,1-2H3;1-2H3/b5-4-;. The van der Waals surface area contributed by atoms with E-state index in [0.717, 1.165) is 12.2 Å². The van der Waals surface area contributed by atoms with Gasteiger partial charge in [-0.1, -0.05) is 20.8 Å². The van der Waals surface area contributed by atoms with Crippen LogP contribution >= 0.6 is 0 Å². The van der Waals surface area contributed by atoms with E-state index in [2.05, 4.69) is 4.84 Å². The molecule has 0 aliphatic carbocycles. The van der Waals surface area contributed by atoms with Crippen molar-refractivity contribution in [3.63, 3.8) is 0 Å². The van der Waals surface area contributed by atoms with Gasteiger partial charge in [0, 0.05) is 0 Å². The highest BCUT2D eigenvalue weighted by molar-refractivity contribution is 4.85. The van der Waals surface area contributed by atoms with Crippen molar-refractivity contribution in [3.05, 3.63) is 11.8 Å². The largest absolute Gasteiger partial charge is 0.417 e. The lowest BCUT2D eigenvalue weighted by atomic mass is 10.4. The molecule has 2 N–H and O–H groups in total. The normalized spacial score (nSPS) is 9.67. The molecule has 0 fully saturated rings. The van der Waals surface area contributed by atoms with Crippen molar-refractivity contribution in [3.8, 4) is 0 Å². The number of hydrogen-bond acceptors (Lipinski definition) is 2. The molecule has 2 nitrogen and oxygen atoms in total. The van der Waals surface area contributed by atoms with Crippen LogP contribution in [0, 0.1) is 0 Å². The van der Waals surface area contributed by atoms with Gasteiger partial charge in [-0.25, -0.2) is 0 Å². The SMILES string of the molecule is CC.CC/C=C(/C)ON. The fourth-order valence-corrected chi connectivity index (χ4v) is 0.336. The van der Waals surface area contributed by atoms with E-state index in [9.17, 15) is 0 Å². The molecule has 0 aromatic heterocycles. The van der Waals surface area contributed by atoms with E-state index in [4.69, 9.17) is 5.90 Å². The third-order valence-corrected chi connectivity index (χ3v) is 0.677. The highest BCUT2D eigenvalue weighted by atomic mass is 16.6. The van der Waals surface area contributed by atoms with E-state index < -0.39 is 0 Å². The van der Waals surface area contributed by atoms with Gasteiger partial charge in [0.1, 0.15) is 5.76 Å². The maximum Gasteiger partial charge on any atom is 0.116 e. The average Bonchev–Trinajstić information content (AvgIpc) is 1.93. The van der Waals surface area contributed by atoms with E-state index in [0.29, 0.717) is 0 Å². The Bertz CT molecular complexity index is 69.3. The van der Waals surface area contributed by atoms with Gasteiger partial charge in [-0.05, 0) is 19.4 Å². The Kier molecular flexibility index (Phi) is 13.2. The summed E-state index contributed by atoms with van der Waals surface area (Å²) in [6.45, 7) is 7.85. The molecule has 0 spiro atoms. The van der Waals surface area contributed by atoms with Crippen LogP contribution in [0.25, 0.3) is 0 Å². The molecule has 56 valence electrons. The van der Waals surface area contributed by atoms with Crippen LogP contribution in [0.5, 0.6) is 0 Å². The Labute approximate surface area is 57.7 Å². The summed E-state index contributed by atoms with van der Waals surface area (Å²) in [6, 6.07) is 0. The second-order valence-electron chi connectivity index (χ2n) is 1.34. The molecular formula is C7H17NO. The molecular weight excluding hydrogens is 114 g/mol. The predicted molar refractivity (Wildman–Crippen MR) is 40.7 cm³/mol. The summed E-state index contributed by atoms with van der Waals surface area (Å²) in [7, 11) is 0. The van der Waals surface area contributed by atoms with Crippen molar-refractivity contribution in [1.29, 1.82) is 0 Å². The molecule has 2 heteroatoms. The van der Waals surface area contributed by atoms with E-state index in [1.807, 2.05) is 33.8 Å². The first-order valence-corrected chi connectivity index (χ1v) is 3.34. The van der Waals surface area contributed by atoms with Gasteiger partial charge in [-0.2, -0.15) is 5.90 Å². The number of hydrogen-bond donors (Lipinski definition) is 1. The molecule has 0 aromatic carbocycles. The second kappa shape index (κ2) is 10.5. The summed E-state index contributed by atoms with van der Waals surface area (Å²) in [5, 5.41) is 0. The number of nitrogens with two attached hydrogens (primary N) is 1. The van der Waals surface area contributed by atoms with Gasteiger partial charge in [0.25, 0.3) is 0 Å². The summed E-state index contributed by atoms with van der Waals surface area (Å²) < 4.78 is 0. The predicted octanol–water partition coefficient (Wildman–Crippen LogP) is 2.22. The monoisotopic (exact) mass is 131 g/mol. The molecule has 0 aliphatic heterocycles. The zero-order valence-electron chi connectivity index (χ0n) is 6.77. The molecule has 0 radical (unpaired) electrons. The van der Waals surface area contributed by atoms with Gasteiger partial charge < -0.3 is 4.84 Å². The Hall–Kier alpha value is -0.500. The highest BCUT2D eigenvalue weighted by Gasteiger charge is 1.77. The van der Waals surface area contributed by atoms with E-state index in [1.165, 1.54) is 0 Å². The molecule has 0 aliphatic rings. The Morgan fingerprint density at radius 1 is 1.56 bits per heavy atom. The molecule has 9 heavy (non-hydrogen) atoms. The zero-order valence-corrected chi connectivity index (χ0v) is 6.77. The summed E-state index contributed by atoms with van der Waals surface area (Å²) in [5.74, 6) is 5.57. The first-order valence-electron chi connectivity index (χ1n) is 3.34. The first kappa shape index (κ1) is 11.3. The Morgan fingerprint density at radius 3 is 2.11 bits per heavy atom. The minimum atomic E-state index is 0.780. The number of allylic oxidation sites excluding steroid dienone is 2. The summed E-state index contributed by atoms with van der Waals surface area (Å²) >= 11 is 0. The smallest absolute Gasteiger partial charge is 0.116 e. The molecule has 0 rings (SSSR count).